The predicted molar refractivity (Wildman–Crippen MR) is 45.7 cm³/mol. The molecule has 0 saturated heterocycles. The van der Waals surface area contributed by atoms with Crippen LogP contribution in [0, 0.1) is 0 Å². The normalized spacial score (nSPS) is 9.62. The molecule has 1 aromatic carbocycles. The summed E-state index contributed by atoms with van der Waals surface area (Å²) in [5, 5.41) is 17.3. The number of hydrogen-bond acceptors (Lipinski definition) is 2. The minimum atomic E-state index is -1.22. The number of carboxylic acid groups (broad SMARTS) is 2. The first-order valence-electron chi connectivity index (χ1n) is 3.32. The molecule has 0 amide bonds. The Kier molecular flexibility index (Phi) is 2.93. The Balaban J connectivity index is 3.35. The molecule has 5 heteroatoms. The summed E-state index contributed by atoms with van der Waals surface area (Å²) in [5.74, 6) is -2.43. The van der Waals surface area contributed by atoms with Gasteiger partial charge in [0.05, 0.1) is 0 Å². The zero-order valence-electron chi connectivity index (χ0n) is 6.39. The molecule has 1 aromatic rings. The van der Waals surface area contributed by atoms with Crippen LogP contribution < -0.4 is 3.51 Å². The van der Waals surface area contributed by atoms with Gasteiger partial charge in [-0.15, -0.1) is 0 Å². The zero-order chi connectivity index (χ0) is 10.0. The Morgan fingerprint density at radius 1 is 1.08 bits per heavy atom. The van der Waals surface area contributed by atoms with E-state index in [1.165, 1.54) is 35.2 Å². The molecule has 0 unspecified atom stereocenters. The van der Waals surface area contributed by atoms with Gasteiger partial charge in [-0.1, -0.05) is 0 Å². The van der Waals surface area contributed by atoms with Crippen molar-refractivity contribution in [3.05, 3.63) is 29.3 Å². The van der Waals surface area contributed by atoms with Crippen LogP contribution in [0.1, 0.15) is 20.7 Å². The number of benzene rings is 1. The van der Waals surface area contributed by atoms with Crippen molar-refractivity contribution < 1.29 is 19.8 Å². The first-order valence-corrected chi connectivity index (χ1v) is 4.59. The molecule has 0 aromatic heterocycles. The third-order valence-electron chi connectivity index (χ3n) is 1.46. The van der Waals surface area contributed by atoms with Crippen molar-refractivity contribution in [2.24, 2.45) is 0 Å². The van der Waals surface area contributed by atoms with Crippen molar-refractivity contribution in [1.29, 1.82) is 0 Å². The number of carboxylic acids is 2. The fraction of sp³-hybridized carbons (Fsp3) is 0. The summed E-state index contributed by atoms with van der Waals surface area (Å²) in [6.45, 7) is 0. The second-order valence-electron chi connectivity index (χ2n) is 2.34. The van der Waals surface area contributed by atoms with Crippen molar-refractivity contribution in [2.75, 3.05) is 0 Å². The van der Waals surface area contributed by atoms with Crippen LogP contribution in [0.3, 0.4) is 0 Å². The van der Waals surface area contributed by atoms with Gasteiger partial charge in [0.15, 0.2) is 0 Å². The van der Waals surface area contributed by atoms with Crippen molar-refractivity contribution in [1.82, 2.24) is 0 Å². The molecule has 1 rings (SSSR count). The Labute approximate surface area is 87.7 Å². The fourth-order valence-electron chi connectivity index (χ4n) is 0.896. The maximum atomic E-state index is 10.6. The van der Waals surface area contributed by atoms with Crippen molar-refractivity contribution in [3.8, 4) is 0 Å². The number of rotatable bonds is 2. The van der Waals surface area contributed by atoms with E-state index in [1.807, 2.05) is 0 Å². The van der Waals surface area contributed by atoms with Crippen molar-refractivity contribution >= 4 is 38.5 Å². The average molecular weight is 287 g/mol. The fourth-order valence-corrected chi connectivity index (χ4v) is 1.48. The standard InChI is InChI=1S/C8H5O4.Sb/c9-7(10)5-3-1-2-4-6(5)8(11)12;/h1,3-4H,(H,9,10)(H,11,12);. The van der Waals surface area contributed by atoms with Crippen molar-refractivity contribution in [2.45, 2.75) is 0 Å². The van der Waals surface area contributed by atoms with E-state index >= 15 is 0 Å². The second kappa shape index (κ2) is 3.79. The molecule has 2 N–H and O–H groups in total. The summed E-state index contributed by atoms with van der Waals surface area (Å²) in [7, 11) is 0. The summed E-state index contributed by atoms with van der Waals surface area (Å²) in [5.41, 5.74) is -0.335. The van der Waals surface area contributed by atoms with E-state index in [0.29, 0.717) is 0 Å². The van der Waals surface area contributed by atoms with E-state index in [1.54, 1.807) is 6.07 Å². The van der Waals surface area contributed by atoms with Gasteiger partial charge in [0, 0.05) is 0 Å². The Morgan fingerprint density at radius 3 is 2.08 bits per heavy atom. The number of carbonyl (C=O) groups is 2. The van der Waals surface area contributed by atoms with Gasteiger partial charge in [-0.3, -0.25) is 0 Å². The van der Waals surface area contributed by atoms with E-state index in [9.17, 15) is 9.59 Å². The van der Waals surface area contributed by atoms with Crippen LogP contribution in [-0.4, -0.2) is 45.2 Å². The summed E-state index contributed by atoms with van der Waals surface area (Å²) >= 11 is 1.35. The molecule has 0 heterocycles. The van der Waals surface area contributed by atoms with Crippen LogP contribution in [0.5, 0.6) is 0 Å². The van der Waals surface area contributed by atoms with Gasteiger partial charge in [-0.05, 0) is 0 Å². The molecule has 13 heavy (non-hydrogen) atoms. The summed E-state index contributed by atoms with van der Waals surface area (Å²) in [6.07, 6.45) is 0. The van der Waals surface area contributed by atoms with Crippen LogP contribution in [0.15, 0.2) is 18.2 Å². The Morgan fingerprint density at radius 2 is 1.62 bits per heavy atom. The quantitative estimate of drug-likeness (QED) is 0.743. The van der Waals surface area contributed by atoms with Crippen LogP contribution in [-0.2, 0) is 0 Å². The van der Waals surface area contributed by atoms with E-state index in [4.69, 9.17) is 10.2 Å². The molecule has 0 atom stereocenters. The molecule has 2 radical (unpaired) electrons. The topological polar surface area (TPSA) is 74.6 Å². The van der Waals surface area contributed by atoms with Gasteiger partial charge in [0.1, 0.15) is 0 Å². The molecular weight excluding hydrogens is 282 g/mol. The van der Waals surface area contributed by atoms with Crippen LogP contribution in [0.2, 0.25) is 0 Å². The van der Waals surface area contributed by atoms with Gasteiger partial charge >= 0.3 is 87.6 Å². The molecular formula is C8H5O4Sb. The first-order chi connectivity index (χ1) is 6.02. The summed E-state index contributed by atoms with van der Waals surface area (Å²) < 4.78 is 0.774. The zero-order valence-corrected chi connectivity index (χ0v) is 8.94. The first kappa shape index (κ1) is 10.1. The molecule has 0 saturated carbocycles. The summed E-state index contributed by atoms with van der Waals surface area (Å²) in [6, 6.07) is 4.25. The third kappa shape index (κ3) is 2.22. The monoisotopic (exact) mass is 286 g/mol. The molecule has 0 bridgehead atoms. The molecule has 66 valence electrons. The molecule has 0 aliphatic rings. The van der Waals surface area contributed by atoms with E-state index < -0.39 is 11.9 Å². The van der Waals surface area contributed by atoms with Gasteiger partial charge in [0.2, 0.25) is 0 Å². The van der Waals surface area contributed by atoms with Crippen LogP contribution in [0.4, 0.5) is 0 Å². The molecule has 0 aliphatic carbocycles. The van der Waals surface area contributed by atoms with Gasteiger partial charge in [-0.2, -0.15) is 0 Å². The minimum absolute atomic E-state index is 0.161. The average Bonchev–Trinajstić information content (AvgIpc) is 2.03. The summed E-state index contributed by atoms with van der Waals surface area (Å²) in [4.78, 5) is 21.2. The van der Waals surface area contributed by atoms with Gasteiger partial charge < -0.3 is 0 Å². The van der Waals surface area contributed by atoms with Gasteiger partial charge in [-0.25, -0.2) is 0 Å². The maximum absolute atomic E-state index is 10.6. The van der Waals surface area contributed by atoms with Gasteiger partial charge in [0.25, 0.3) is 0 Å². The van der Waals surface area contributed by atoms with E-state index in [0.717, 1.165) is 3.51 Å². The second-order valence-corrected chi connectivity index (χ2v) is 3.81. The van der Waals surface area contributed by atoms with Crippen LogP contribution >= 0.6 is 0 Å². The molecule has 0 fully saturated rings. The molecule has 4 nitrogen and oxygen atoms in total. The molecule has 0 aliphatic heterocycles. The third-order valence-corrected chi connectivity index (χ3v) is 2.26. The predicted octanol–water partition coefficient (Wildman–Crippen LogP) is -0.123. The Bertz CT molecular complexity index is 372. The number of hydrogen-bond donors (Lipinski definition) is 2. The number of aromatic carboxylic acids is 2. The van der Waals surface area contributed by atoms with E-state index in [-0.39, 0.29) is 11.1 Å². The molecule has 0 spiro atoms. The van der Waals surface area contributed by atoms with Crippen LogP contribution in [0.25, 0.3) is 0 Å². The van der Waals surface area contributed by atoms with E-state index in [2.05, 4.69) is 0 Å². The SMILES string of the molecule is O=C(O)c1cc[c]([Sb])cc1C(=O)O. The van der Waals surface area contributed by atoms with Crippen molar-refractivity contribution in [3.63, 3.8) is 0 Å². The Hall–Kier alpha value is -1.02.